The second-order valence-corrected chi connectivity index (χ2v) is 6.92. The Morgan fingerprint density at radius 1 is 0.704 bits per heavy atom. The molecule has 2 aliphatic rings. The molecule has 0 fully saturated rings. The number of hydrogen-bond donors (Lipinski definition) is 1. The van der Waals surface area contributed by atoms with E-state index in [1.165, 1.54) is 12.0 Å². The predicted molar refractivity (Wildman–Crippen MR) is 106 cm³/mol. The van der Waals surface area contributed by atoms with E-state index >= 15 is 0 Å². The van der Waals surface area contributed by atoms with Crippen LogP contribution in [0.3, 0.4) is 0 Å². The van der Waals surface area contributed by atoms with E-state index in [1.54, 1.807) is 0 Å². The van der Waals surface area contributed by atoms with Crippen LogP contribution in [0.15, 0.2) is 78.9 Å². The van der Waals surface area contributed by atoms with Crippen molar-refractivity contribution in [2.24, 2.45) is 0 Å². The fourth-order valence-electron chi connectivity index (χ4n) is 3.54. The molecule has 0 aromatic heterocycles. The summed E-state index contributed by atoms with van der Waals surface area (Å²) in [6, 6.07) is 25.7. The van der Waals surface area contributed by atoms with Gasteiger partial charge in [0.25, 0.3) is 0 Å². The number of fused-ring (bicyclic) bond motifs is 2. The van der Waals surface area contributed by atoms with Crippen molar-refractivity contribution in [3.05, 3.63) is 95.6 Å². The maximum absolute atomic E-state index is 10.6. The third-order valence-electron chi connectivity index (χ3n) is 5.03. The van der Waals surface area contributed by atoms with Crippen molar-refractivity contribution in [3.63, 3.8) is 0 Å². The van der Waals surface area contributed by atoms with Gasteiger partial charge in [-0.25, -0.2) is 0 Å². The Morgan fingerprint density at radius 2 is 1.33 bits per heavy atom. The molecule has 0 aliphatic carbocycles. The summed E-state index contributed by atoms with van der Waals surface area (Å²) in [5.74, 6) is 0.675. The van der Waals surface area contributed by atoms with Gasteiger partial charge < -0.3 is 14.6 Å². The minimum Gasteiger partial charge on any atom is -0.493 e. The Balaban J connectivity index is 0.000000153. The van der Waals surface area contributed by atoms with Crippen LogP contribution in [0.2, 0.25) is 0 Å². The average Bonchev–Trinajstić information content (AvgIpc) is 2.75. The summed E-state index contributed by atoms with van der Waals surface area (Å²) in [7, 11) is 0. The Bertz CT molecular complexity index is 866. The summed E-state index contributed by atoms with van der Waals surface area (Å²) in [5.41, 5.74) is 3.33. The molecule has 1 atom stereocenters. The monoisotopic (exact) mass is 360 g/mol. The molecule has 0 spiro atoms. The molecule has 2 heterocycles. The van der Waals surface area contributed by atoms with Crippen LogP contribution >= 0.6 is 0 Å². The van der Waals surface area contributed by atoms with Gasteiger partial charge in [-0.15, -0.1) is 0 Å². The smallest absolute Gasteiger partial charge is 0.235 e. The maximum Gasteiger partial charge on any atom is 0.235 e. The van der Waals surface area contributed by atoms with Crippen molar-refractivity contribution in [1.29, 1.82) is 0 Å². The van der Waals surface area contributed by atoms with Crippen LogP contribution in [0.5, 0.6) is 11.5 Å². The summed E-state index contributed by atoms with van der Waals surface area (Å²) in [4.78, 5) is 0. The number of benzene rings is 3. The Hall–Kier alpha value is -2.78. The van der Waals surface area contributed by atoms with Crippen LogP contribution < -0.4 is 9.47 Å². The fraction of sp³-hybridized carbons (Fsp3) is 0.250. The lowest BCUT2D eigenvalue weighted by molar-refractivity contribution is -0.158. The second kappa shape index (κ2) is 7.85. The molecule has 27 heavy (non-hydrogen) atoms. The first-order chi connectivity index (χ1) is 13.2. The number of ether oxygens (including phenoxy) is 2. The predicted octanol–water partition coefficient (Wildman–Crippen LogP) is 4.87. The number of aliphatic hydroxyl groups is 1. The molecule has 1 N–H and O–H groups in total. The third-order valence-corrected chi connectivity index (χ3v) is 5.03. The summed E-state index contributed by atoms with van der Waals surface area (Å²) >= 11 is 0. The fourth-order valence-corrected chi connectivity index (χ4v) is 3.54. The van der Waals surface area contributed by atoms with Gasteiger partial charge in [0.2, 0.25) is 5.79 Å². The Morgan fingerprint density at radius 3 is 2.07 bits per heavy atom. The highest BCUT2D eigenvalue weighted by atomic mass is 16.6. The molecule has 0 saturated carbocycles. The molecule has 5 rings (SSSR count). The SMILES string of the molecule is OC1(c2ccccc2)CCc2ccccc2O1.c1ccc2c(c1)CCCO2. The van der Waals surface area contributed by atoms with Gasteiger partial charge in [-0.3, -0.25) is 0 Å². The molecular formula is C24H24O3. The van der Waals surface area contributed by atoms with E-state index in [0.29, 0.717) is 6.42 Å². The Labute approximate surface area is 160 Å². The first-order valence-corrected chi connectivity index (χ1v) is 9.50. The molecule has 3 heteroatoms. The zero-order valence-corrected chi connectivity index (χ0v) is 15.3. The number of para-hydroxylation sites is 2. The zero-order chi connectivity index (χ0) is 18.5. The van der Waals surface area contributed by atoms with Gasteiger partial charge in [0, 0.05) is 12.0 Å². The van der Waals surface area contributed by atoms with Crippen LogP contribution in [0.25, 0.3) is 0 Å². The van der Waals surface area contributed by atoms with E-state index in [-0.39, 0.29) is 0 Å². The maximum atomic E-state index is 10.6. The van der Waals surface area contributed by atoms with Gasteiger partial charge >= 0.3 is 0 Å². The van der Waals surface area contributed by atoms with Gasteiger partial charge in [-0.2, -0.15) is 0 Å². The van der Waals surface area contributed by atoms with Gasteiger partial charge in [0.1, 0.15) is 11.5 Å². The summed E-state index contributed by atoms with van der Waals surface area (Å²) in [6.07, 6.45) is 3.77. The molecule has 0 radical (unpaired) electrons. The Kier molecular flexibility index (Phi) is 5.12. The van der Waals surface area contributed by atoms with Crippen molar-refractivity contribution in [2.45, 2.75) is 31.5 Å². The molecular weight excluding hydrogens is 336 g/mol. The van der Waals surface area contributed by atoms with E-state index in [9.17, 15) is 5.11 Å². The highest BCUT2D eigenvalue weighted by molar-refractivity contribution is 5.37. The molecule has 138 valence electrons. The average molecular weight is 360 g/mol. The van der Waals surface area contributed by atoms with Gasteiger partial charge in [0.15, 0.2) is 0 Å². The van der Waals surface area contributed by atoms with Gasteiger partial charge in [0.05, 0.1) is 6.61 Å². The lowest BCUT2D eigenvalue weighted by Crippen LogP contribution is -2.36. The first kappa shape index (κ1) is 17.6. The molecule has 3 aromatic rings. The molecule has 3 aromatic carbocycles. The minimum atomic E-state index is -1.18. The lowest BCUT2D eigenvalue weighted by atomic mass is 9.94. The van der Waals surface area contributed by atoms with Crippen LogP contribution in [-0.4, -0.2) is 11.7 Å². The standard InChI is InChI=1S/C15H14O2.C9H10O/c16-15(13-7-2-1-3-8-13)11-10-12-6-4-5-9-14(12)17-15;1-2-6-9-8(4-1)5-3-7-10-9/h1-9,16H,10-11H2;1-2,4,6H,3,5,7H2. The second-order valence-electron chi connectivity index (χ2n) is 6.92. The van der Waals surface area contributed by atoms with Crippen LogP contribution in [0, 0.1) is 0 Å². The third kappa shape index (κ3) is 3.99. The van der Waals surface area contributed by atoms with Crippen molar-refractivity contribution >= 4 is 0 Å². The quantitative estimate of drug-likeness (QED) is 0.673. The van der Waals surface area contributed by atoms with Crippen LogP contribution in [0.1, 0.15) is 29.5 Å². The molecule has 0 amide bonds. The largest absolute Gasteiger partial charge is 0.493 e. The highest BCUT2D eigenvalue weighted by Gasteiger charge is 2.35. The van der Waals surface area contributed by atoms with E-state index in [1.807, 2.05) is 66.7 Å². The lowest BCUT2D eigenvalue weighted by Gasteiger charge is -2.34. The molecule has 0 saturated heterocycles. The first-order valence-electron chi connectivity index (χ1n) is 9.50. The molecule has 2 aliphatic heterocycles. The summed E-state index contributed by atoms with van der Waals surface area (Å²) in [6.45, 7) is 0.886. The molecule has 0 bridgehead atoms. The number of hydrogen-bond acceptors (Lipinski definition) is 3. The van der Waals surface area contributed by atoms with Crippen molar-refractivity contribution in [2.75, 3.05) is 6.61 Å². The van der Waals surface area contributed by atoms with Crippen molar-refractivity contribution < 1.29 is 14.6 Å². The van der Waals surface area contributed by atoms with E-state index in [0.717, 1.165) is 42.1 Å². The topological polar surface area (TPSA) is 38.7 Å². The van der Waals surface area contributed by atoms with Crippen molar-refractivity contribution in [1.82, 2.24) is 0 Å². The summed E-state index contributed by atoms with van der Waals surface area (Å²) < 4.78 is 11.2. The number of aryl methyl sites for hydroxylation is 2. The van der Waals surface area contributed by atoms with E-state index < -0.39 is 5.79 Å². The normalized spacial score (nSPS) is 20.0. The highest BCUT2D eigenvalue weighted by Crippen LogP contribution is 2.37. The molecule has 3 nitrogen and oxygen atoms in total. The van der Waals surface area contributed by atoms with E-state index in [4.69, 9.17) is 9.47 Å². The van der Waals surface area contributed by atoms with Crippen molar-refractivity contribution in [3.8, 4) is 11.5 Å². The van der Waals surface area contributed by atoms with Gasteiger partial charge in [-0.1, -0.05) is 66.7 Å². The van der Waals surface area contributed by atoms with Crippen LogP contribution in [0.4, 0.5) is 0 Å². The molecule has 1 unspecified atom stereocenters. The minimum absolute atomic E-state index is 0.591. The number of rotatable bonds is 1. The van der Waals surface area contributed by atoms with Gasteiger partial charge in [-0.05, 0) is 42.5 Å². The van der Waals surface area contributed by atoms with Crippen LogP contribution in [-0.2, 0) is 18.6 Å². The van der Waals surface area contributed by atoms with E-state index in [2.05, 4.69) is 12.1 Å². The summed E-state index contributed by atoms with van der Waals surface area (Å²) in [5, 5.41) is 10.6. The zero-order valence-electron chi connectivity index (χ0n) is 15.3.